The predicted molar refractivity (Wildman–Crippen MR) is 161 cm³/mol. The Bertz CT molecular complexity index is 2090. The average molecular weight is 489 g/mol. The van der Waals surface area contributed by atoms with E-state index in [-0.39, 0.29) is 0 Å². The normalized spacial score (nSPS) is 11.9. The van der Waals surface area contributed by atoms with Crippen molar-refractivity contribution in [3.8, 4) is 22.3 Å². The third-order valence-electron chi connectivity index (χ3n) is 7.77. The molecule has 0 heterocycles. The summed E-state index contributed by atoms with van der Waals surface area (Å²) in [5, 5.41) is 13.5. The van der Waals surface area contributed by atoms with E-state index in [2.05, 4.69) is 127 Å². The quantitative estimate of drug-likeness (QED) is 0.212. The van der Waals surface area contributed by atoms with Crippen molar-refractivity contribution in [2.45, 2.75) is 0 Å². The number of fused-ring (bicyclic) bond motifs is 3. The molecule has 0 amide bonds. The van der Waals surface area contributed by atoms with E-state index in [9.17, 15) is 0 Å². The molecule has 0 N–H and O–H groups in total. The zero-order chi connectivity index (χ0) is 24.5. The molecule has 0 atom stereocenters. The minimum Gasteiger partial charge on any atom is -0.0843 e. The molecule has 0 unspecified atom stereocenters. The first-order valence-electron chi connectivity index (χ1n) is 12.6. The first kappa shape index (κ1) is 20.8. The monoisotopic (exact) mass is 488 g/mol. The standard InChI is InChI=1S/C36H21Cl/c37-30-19-28(27-16-25-14-12-22-7-5-8-23-13-15-26(17-27)36(25)35(22)23)18-29(20-30)34-21-24-6-1-2-9-31(24)32-10-3-4-11-33(32)34/h1-21H. The van der Waals surface area contributed by atoms with E-state index in [0.717, 1.165) is 16.1 Å². The van der Waals surface area contributed by atoms with Crippen LogP contribution in [-0.2, 0) is 0 Å². The van der Waals surface area contributed by atoms with Crippen LogP contribution in [0.15, 0.2) is 127 Å². The molecule has 0 aromatic heterocycles. The van der Waals surface area contributed by atoms with Gasteiger partial charge in [-0.25, -0.2) is 0 Å². The van der Waals surface area contributed by atoms with Crippen LogP contribution in [0.4, 0.5) is 0 Å². The molecular formula is C36H21Cl. The number of halogens is 1. The van der Waals surface area contributed by atoms with Gasteiger partial charge in [-0.3, -0.25) is 0 Å². The van der Waals surface area contributed by atoms with E-state index in [4.69, 9.17) is 11.6 Å². The van der Waals surface area contributed by atoms with Gasteiger partial charge in [0.2, 0.25) is 0 Å². The van der Waals surface area contributed by atoms with Gasteiger partial charge in [-0.15, -0.1) is 0 Å². The highest BCUT2D eigenvalue weighted by Crippen LogP contribution is 2.40. The number of hydrogen-bond acceptors (Lipinski definition) is 0. The van der Waals surface area contributed by atoms with Gasteiger partial charge in [-0.2, -0.15) is 0 Å². The molecule has 8 rings (SSSR count). The summed E-state index contributed by atoms with van der Waals surface area (Å²) < 4.78 is 0. The van der Waals surface area contributed by atoms with E-state index >= 15 is 0 Å². The van der Waals surface area contributed by atoms with Crippen molar-refractivity contribution in [2.24, 2.45) is 0 Å². The molecule has 0 fully saturated rings. The van der Waals surface area contributed by atoms with Crippen LogP contribution in [0, 0.1) is 0 Å². The second-order valence-electron chi connectivity index (χ2n) is 9.93. The number of hydrogen-bond donors (Lipinski definition) is 0. The summed E-state index contributed by atoms with van der Waals surface area (Å²) in [6.45, 7) is 0. The molecule has 0 aliphatic rings. The molecule has 0 aliphatic carbocycles. The van der Waals surface area contributed by atoms with Crippen molar-refractivity contribution in [1.29, 1.82) is 0 Å². The highest BCUT2D eigenvalue weighted by molar-refractivity contribution is 6.31. The molecule has 0 nitrogen and oxygen atoms in total. The number of rotatable bonds is 2. The fourth-order valence-electron chi connectivity index (χ4n) is 6.13. The van der Waals surface area contributed by atoms with Crippen molar-refractivity contribution >= 4 is 65.5 Å². The minimum absolute atomic E-state index is 0.745. The van der Waals surface area contributed by atoms with Gasteiger partial charge in [0.1, 0.15) is 0 Å². The van der Waals surface area contributed by atoms with Gasteiger partial charge in [0.25, 0.3) is 0 Å². The average Bonchev–Trinajstić information content (AvgIpc) is 2.95. The highest BCUT2D eigenvalue weighted by Gasteiger charge is 2.13. The van der Waals surface area contributed by atoms with Crippen LogP contribution in [-0.4, -0.2) is 0 Å². The fraction of sp³-hybridized carbons (Fsp3) is 0. The van der Waals surface area contributed by atoms with Gasteiger partial charge in [0, 0.05) is 5.02 Å². The molecule has 0 saturated carbocycles. The van der Waals surface area contributed by atoms with E-state index in [0.29, 0.717) is 0 Å². The zero-order valence-electron chi connectivity index (χ0n) is 20.0. The van der Waals surface area contributed by atoms with Gasteiger partial charge in [-0.1, -0.05) is 103 Å². The van der Waals surface area contributed by atoms with E-state index in [1.165, 1.54) is 65.0 Å². The summed E-state index contributed by atoms with van der Waals surface area (Å²) in [7, 11) is 0. The second-order valence-corrected chi connectivity index (χ2v) is 10.4. The van der Waals surface area contributed by atoms with E-state index in [1.54, 1.807) is 0 Å². The van der Waals surface area contributed by atoms with Gasteiger partial charge in [-0.05, 0) is 113 Å². The van der Waals surface area contributed by atoms with Crippen LogP contribution in [0.5, 0.6) is 0 Å². The largest absolute Gasteiger partial charge is 0.0843 e. The zero-order valence-corrected chi connectivity index (χ0v) is 20.8. The number of benzene rings is 8. The van der Waals surface area contributed by atoms with Crippen LogP contribution in [0.2, 0.25) is 5.02 Å². The maximum absolute atomic E-state index is 6.78. The van der Waals surface area contributed by atoms with Crippen LogP contribution < -0.4 is 0 Å². The molecule has 0 saturated heterocycles. The summed E-state index contributed by atoms with van der Waals surface area (Å²) in [5.41, 5.74) is 4.65. The summed E-state index contributed by atoms with van der Waals surface area (Å²) in [6, 6.07) is 46.1. The lowest BCUT2D eigenvalue weighted by atomic mass is 9.89. The van der Waals surface area contributed by atoms with Crippen LogP contribution >= 0.6 is 11.6 Å². The van der Waals surface area contributed by atoms with Crippen molar-refractivity contribution in [3.63, 3.8) is 0 Å². The van der Waals surface area contributed by atoms with Crippen LogP contribution in [0.3, 0.4) is 0 Å². The van der Waals surface area contributed by atoms with Gasteiger partial charge >= 0.3 is 0 Å². The Morgan fingerprint density at radius 3 is 1.65 bits per heavy atom. The smallest absolute Gasteiger partial charge is 0.0418 e. The molecule has 0 bridgehead atoms. The Balaban J connectivity index is 1.38. The topological polar surface area (TPSA) is 0 Å². The van der Waals surface area contributed by atoms with Crippen LogP contribution in [0.25, 0.3) is 76.1 Å². The Morgan fingerprint density at radius 2 is 0.892 bits per heavy atom. The molecular weight excluding hydrogens is 468 g/mol. The molecule has 0 radical (unpaired) electrons. The SMILES string of the molecule is Clc1cc(-c2cc3ccc4cccc5ccc(c2)c3c45)cc(-c2cc3ccccc3c3ccccc23)c1. The molecule has 0 aliphatic heterocycles. The molecule has 0 spiro atoms. The van der Waals surface area contributed by atoms with Crippen LogP contribution in [0.1, 0.15) is 0 Å². The van der Waals surface area contributed by atoms with Gasteiger partial charge in [0.15, 0.2) is 0 Å². The minimum atomic E-state index is 0.745. The molecule has 8 aromatic rings. The third-order valence-corrected chi connectivity index (χ3v) is 7.99. The van der Waals surface area contributed by atoms with E-state index in [1.807, 2.05) is 0 Å². The van der Waals surface area contributed by atoms with Crippen molar-refractivity contribution in [1.82, 2.24) is 0 Å². The van der Waals surface area contributed by atoms with Gasteiger partial charge in [0.05, 0.1) is 0 Å². The summed E-state index contributed by atoms with van der Waals surface area (Å²) in [6.07, 6.45) is 0. The van der Waals surface area contributed by atoms with Gasteiger partial charge < -0.3 is 0 Å². The Kier molecular flexibility index (Phi) is 4.38. The fourth-order valence-corrected chi connectivity index (χ4v) is 6.36. The molecule has 1 heteroatoms. The molecule has 172 valence electrons. The maximum Gasteiger partial charge on any atom is 0.0418 e. The summed E-state index contributed by atoms with van der Waals surface area (Å²) in [5.74, 6) is 0. The third kappa shape index (κ3) is 3.16. The molecule has 8 aromatic carbocycles. The highest BCUT2D eigenvalue weighted by atomic mass is 35.5. The lowest BCUT2D eigenvalue weighted by Crippen LogP contribution is -1.88. The first-order chi connectivity index (χ1) is 18.2. The van der Waals surface area contributed by atoms with E-state index < -0.39 is 0 Å². The van der Waals surface area contributed by atoms with Crippen molar-refractivity contribution in [2.75, 3.05) is 0 Å². The predicted octanol–water partition coefficient (Wildman–Crippen LogP) is 10.9. The second kappa shape index (κ2) is 7.80. The molecule has 37 heavy (non-hydrogen) atoms. The summed E-state index contributed by atoms with van der Waals surface area (Å²) >= 11 is 6.78. The Morgan fingerprint density at radius 1 is 0.351 bits per heavy atom. The first-order valence-corrected chi connectivity index (χ1v) is 13.0. The van der Waals surface area contributed by atoms with Crippen molar-refractivity contribution < 1.29 is 0 Å². The Hall–Kier alpha value is -4.39. The summed E-state index contributed by atoms with van der Waals surface area (Å²) in [4.78, 5) is 0. The Labute approximate surface area is 219 Å². The van der Waals surface area contributed by atoms with Crippen molar-refractivity contribution in [3.05, 3.63) is 132 Å². The lowest BCUT2D eigenvalue weighted by molar-refractivity contribution is 1.63. The lowest BCUT2D eigenvalue weighted by Gasteiger charge is -2.15. The maximum atomic E-state index is 6.78.